The number of aromatic amines is 1. The summed E-state index contributed by atoms with van der Waals surface area (Å²) >= 11 is 0. The quantitative estimate of drug-likeness (QED) is 0.658. The number of benzene rings is 2. The van der Waals surface area contributed by atoms with E-state index in [4.69, 9.17) is 4.74 Å². The summed E-state index contributed by atoms with van der Waals surface area (Å²) in [5.74, 6) is -1.48. The third-order valence-electron chi connectivity index (χ3n) is 6.61. The average Bonchev–Trinajstić information content (AvgIpc) is 3.31. The van der Waals surface area contributed by atoms with Crippen LogP contribution in [0.4, 0.5) is 14.5 Å². The molecule has 2 aromatic carbocycles. The number of H-pyrrole nitrogens is 1. The van der Waals surface area contributed by atoms with Crippen molar-refractivity contribution in [2.24, 2.45) is 0 Å². The highest BCUT2D eigenvalue weighted by Gasteiger charge is 2.34. The average molecular weight is 453 g/mol. The van der Waals surface area contributed by atoms with E-state index in [1.54, 1.807) is 6.92 Å². The predicted octanol–water partition coefficient (Wildman–Crippen LogP) is 3.61. The van der Waals surface area contributed by atoms with Crippen LogP contribution in [0.2, 0.25) is 0 Å². The minimum Gasteiger partial charge on any atom is -0.378 e. The Morgan fingerprint density at radius 2 is 1.82 bits per heavy atom. The maximum Gasteiger partial charge on any atom is 0.245 e. The van der Waals surface area contributed by atoms with E-state index in [0.29, 0.717) is 37.6 Å². The number of halogens is 2. The van der Waals surface area contributed by atoms with Crippen molar-refractivity contribution in [2.45, 2.75) is 25.8 Å². The molecule has 1 amide bonds. The van der Waals surface area contributed by atoms with Crippen molar-refractivity contribution in [3.8, 4) is 11.3 Å². The Morgan fingerprint density at radius 1 is 1.09 bits per heavy atom. The lowest BCUT2D eigenvalue weighted by Crippen LogP contribution is -2.49. The van der Waals surface area contributed by atoms with Crippen LogP contribution in [0.25, 0.3) is 22.2 Å². The minimum absolute atomic E-state index is 0.123. The molecule has 3 heterocycles. The SMILES string of the molecule is Cc1c(-c2ccc(N3CCC[C@@H]3C(=O)N3CCOCC3)cc2)[nH]c2cc(F)cc(F)c2c1=O. The molecule has 33 heavy (non-hydrogen) atoms. The van der Waals surface area contributed by atoms with Crippen LogP contribution in [0.15, 0.2) is 41.2 Å². The first-order valence-corrected chi connectivity index (χ1v) is 11.2. The Kier molecular flexibility index (Phi) is 5.62. The van der Waals surface area contributed by atoms with Crippen molar-refractivity contribution < 1.29 is 18.3 Å². The fourth-order valence-electron chi connectivity index (χ4n) is 4.87. The second kappa shape index (κ2) is 8.59. The van der Waals surface area contributed by atoms with Gasteiger partial charge < -0.3 is 19.5 Å². The Balaban J connectivity index is 1.45. The van der Waals surface area contributed by atoms with Gasteiger partial charge in [-0.1, -0.05) is 12.1 Å². The lowest BCUT2D eigenvalue weighted by molar-refractivity contribution is -0.136. The van der Waals surface area contributed by atoms with E-state index < -0.39 is 17.1 Å². The summed E-state index contributed by atoms with van der Waals surface area (Å²) in [6.07, 6.45) is 1.75. The standard InChI is InChI=1S/C25H25F2N3O3/c1-15-23(28-20-14-17(26)13-19(27)22(20)24(15)31)16-4-6-18(7-5-16)30-8-2-3-21(30)25(32)29-9-11-33-12-10-29/h4-7,13-14,21H,2-3,8-12H2,1H3,(H,28,31)/t21-/m1/s1. The predicted molar refractivity (Wildman–Crippen MR) is 122 cm³/mol. The molecular weight excluding hydrogens is 428 g/mol. The number of nitrogens with zero attached hydrogens (tertiary/aromatic N) is 2. The van der Waals surface area contributed by atoms with E-state index in [1.807, 2.05) is 29.2 Å². The summed E-state index contributed by atoms with van der Waals surface area (Å²) in [6.45, 7) is 4.82. The van der Waals surface area contributed by atoms with Gasteiger partial charge in [-0.25, -0.2) is 8.78 Å². The summed E-state index contributed by atoms with van der Waals surface area (Å²) < 4.78 is 33.3. The molecule has 2 aliphatic heterocycles. The number of hydrogen-bond donors (Lipinski definition) is 1. The van der Waals surface area contributed by atoms with Crippen molar-refractivity contribution in [1.82, 2.24) is 9.88 Å². The van der Waals surface area contributed by atoms with Crippen LogP contribution in [0, 0.1) is 18.6 Å². The van der Waals surface area contributed by atoms with Crippen molar-refractivity contribution in [2.75, 3.05) is 37.7 Å². The second-order valence-electron chi connectivity index (χ2n) is 8.60. The third kappa shape index (κ3) is 3.88. The van der Waals surface area contributed by atoms with Gasteiger partial charge in [0.2, 0.25) is 5.91 Å². The number of anilines is 1. The first kappa shape index (κ1) is 21.6. The molecule has 1 aromatic heterocycles. The molecule has 2 saturated heterocycles. The number of pyridine rings is 1. The number of carbonyl (C=O) groups excluding carboxylic acids is 1. The van der Waals surface area contributed by atoms with Crippen molar-refractivity contribution in [3.63, 3.8) is 0 Å². The van der Waals surface area contributed by atoms with E-state index in [2.05, 4.69) is 9.88 Å². The molecule has 0 radical (unpaired) electrons. The molecule has 5 rings (SSSR count). The van der Waals surface area contributed by atoms with Crippen LogP contribution in [-0.2, 0) is 9.53 Å². The van der Waals surface area contributed by atoms with Gasteiger partial charge in [-0.2, -0.15) is 0 Å². The van der Waals surface area contributed by atoms with Crippen LogP contribution in [0.5, 0.6) is 0 Å². The van der Waals surface area contributed by atoms with Crippen LogP contribution >= 0.6 is 0 Å². The van der Waals surface area contributed by atoms with Crippen molar-refractivity contribution in [3.05, 3.63) is 63.8 Å². The Labute approximate surface area is 189 Å². The number of aromatic nitrogens is 1. The molecule has 0 bridgehead atoms. The van der Waals surface area contributed by atoms with E-state index in [9.17, 15) is 18.4 Å². The molecule has 2 aliphatic rings. The number of ether oxygens (including phenoxy) is 1. The summed E-state index contributed by atoms with van der Waals surface area (Å²) in [4.78, 5) is 32.9. The van der Waals surface area contributed by atoms with Crippen molar-refractivity contribution >= 4 is 22.5 Å². The molecule has 2 fully saturated rings. The summed E-state index contributed by atoms with van der Waals surface area (Å²) in [5, 5.41) is -0.143. The molecule has 0 saturated carbocycles. The molecule has 6 nitrogen and oxygen atoms in total. The molecule has 0 aliphatic carbocycles. The van der Waals surface area contributed by atoms with Gasteiger partial charge in [-0.3, -0.25) is 9.59 Å². The second-order valence-corrected chi connectivity index (χ2v) is 8.60. The van der Waals surface area contributed by atoms with Gasteiger partial charge in [0.25, 0.3) is 0 Å². The smallest absolute Gasteiger partial charge is 0.245 e. The van der Waals surface area contributed by atoms with Gasteiger partial charge in [0, 0.05) is 37.0 Å². The van der Waals surface area contributed by atoms with Gasteiger partial charge in [0.1, 0.15) is 17.7 Å². The maximum absolute atomic E-state index is 14.2. The molecular formula is C25H25F2N3O3. The van der Waals surface area contributed by atoms with Crippen LogP contribution in [0.1, 0.15) is 18.4 Å². The maximum atomic E-state index is 14.2. The zero-order chi connectivity index (χ0) is 23.1. The summed E-state index contributed by atoms with van der Waals surface area (Å²) in [6, 6.07) is 9.23. The fraction of sp³-hybridized carbons (Fsp3) is 0.360. The molecule has 3 aromatic rings. The van der Waals surface area contributed by atoms with E-state index in [0.717, 1.165) is 42.8 Å². The zero-order valence-electron chi connectivity index (χ0n) is 18.4. The molecule has 0 spiro atoms. The first-order chi connectivity index (χ1) is 15.9. The van der Waals surface area contributed by atoms with Gasteiger partial charge in [0.15, 0.2) is 5.43 Å². The molecule has 0 unspecified atom stereocenters. The van der Waals surface area contributed by atoms with Crippen LogP contribution in [0.3, 0.4) is 0 Å². The Bertz CT molecular complexity index is 1270. The van der Waals surface area contributed by atoms with Crippen molar-refractivity contribution in [1.29, 1.82) is 0 Å². The van der Waals surface area contributed by atoms with E-state index >= 15 is 0 Å². The Morgan fingerprint density at radius 3 is 2.55 bits per heavy atom. The number of morpholine rings is 1. The van der Waals surface area contributed by atoms with Gasteiger partial charge in [-0.05, 0) is 43.5 Å². The number of carbonyl (C=O) groups is 1. The minimum atomic E-state index is -0.874. The highest BCUT2D eigenvalue weighted by Crippen LogP contribution is 2.30. The fourth-order valence-corrected chi connectivity index (χ4v) is 4.87. The largest absolute Gasteiger partial charge is 0.378 e. The zero-order valence-corrected chi connectivity index (χ0v) is 18.4. The molecule has 1 atom stereocenters. The number of amides is 1. The molecule has 172 valence electrons. The third-order valence-corrected chi connectivity index (χ3v) is 6.61. The molecule has 8 heteroatoms. The highest BCUT2D eigenvalue weighted by atomic mass is 19.1. The van der Waals surface area contributed by atoms with E-state index in [-0.39, 0.29) is 22.9 Å². The summed E-state index contributed by atoms with van der Waals surface area (Å²) in [7, 11) is 0. The van der Waals surface area contributed by atoms with Gasteiger partial charge >= 0.3 is 0 Å². The number of hydrogen-bond acceptors (Lipinski definition) is 4. The van der Waals surface area contributed by atoms with Gasteiger partial charge in [0.05, 0.1) is 29.8 Å². The van der Waals surface area contributed by atoms with Crippen LogP contribution < -0.4 is 10.3 Å². The van der Waals surface area contributed by atoms with Crippen LogP contribution in [-0.4, -0.2) is 54.7 Å². The van der Waals surface area contributed by atoms with Gasteiger partial charge in [-0.15, -0.1) is 0 Å². The highest BCUT2D eigenvalue weighted by molar-refractivity contribution is 5.87. The number of nitrogens with one attached hydrogen (secondary N) is 1. The summed E-state index contributed by atoms with van der Waals surface area (Å²) in [5.41, 5.74) is 2.21. The normalized spacial score (nSPS) is 18.8. The number of fused-ring (bicyclic) bond motifs is 1. The topological polar surface area (TPSA) is 65.6 Å². The monoisotopic (exact) mass is 453 g/mol. The lowest BCUT2D eigenvalue weighted by Gasteiger charge is -2.33. The first-order valence-electron chi connectivity index (χ1n) is 11.2. The van der Waals surface area contributed by atoms with E-state index in [1.165, 1.54) is 0 Å². The lowest BCUT2D eigenvalue weighted by atomic mass is 10.0. The number of rotatable bonds is 3. The molecule has 1 N–H and O–H groups in total. The Hall–Kier alpha value is -3.26.